The van der Waals surface area contributed by atoms with Crippen LogP contribution in [0.15, 0.2) is 24.3 Å². The molecule has 7 nitrogen and oxygen atoms in total. The monoisotopic (exact) mass is 340 g/mol. The highest BCUT2D eigenvalue weighted by molar-refractivity contribution is 6.08. The maximum atomic E-state index is 12.5. The zero-order valence-electron chi connectivity index (χ0n) is 14.0. The minimum Gasteiger partial charge on any atom is -0.497 e. The Morgan fingerprint density at radius 1 is 1.16 bits per heavy atom. The predicted molar refractivity (Wildman–Crippen MR) is 92.0 cm³/mol. The van der Waals surface area contributed by atoms with Gasteiger partial charge in [0.05, 0.1) is 18.4 Å². The Balaban J connectivity index is 1.54. The Bertz CT molecular complexity index is 821. The van der Waals surface area contributed by atoms with Gasteiger partial charge in [-0.25, -0.2) is 0 Å². The molecule has 2 aliphatic carbocycles. The molecule has 3 N–H and O–H groups in total. The van der Waals surface area contributed by atoms with E-state index in [1.54, 1.807) is 31.4 Å². The van der Waals surface area contributed by atoms with Gasteiger partial charge in [0.1, 0.15) is 5.75 Å². The molecule has 1 aromatic carbocycles. The molecule has 0 unspecified atom stereocenters. The molecule has 0 radical (unpaired) electrons. The summed E-state index contributed by atoms with van der Waals surface area (Å²) in [5, 5.41) is 12.7. The second kappa shape index (κ2) is 6.23. The van der Waals surface area contributed by atoms with Crippen LogP contribution in [0.1, 0.15) is 58.1 Å². The van der Waals surface area contributed by atoms with Crippen molar-refractivity contribution in [3.8, 4) is 5.75 Å². The average Bonchev–Trinajstić information content (AvgIpc) is 3.55. The SMILES string of the molecule is COc1ccc(NC(=O)c2cc(C3CC3)[nH]n2)c(C(=O)NC2CC2)c1. The minimum atomic E-state index is -0.339. The van der Waals surface area contributed by atoms with E-state index in [9.17, 15) is 9.59 Å². The Labute approximate surface area is 145 Å². The number of methoxy groups -OCH3 is 1. The van der Waals surface area contributed by atoms with Crippen molar-refractivity contribution in [2.24, 2.45) is 0 Å². The fourth-order valence-corrected chi connectivity index (χ4v) is 2.68. The van der Waals surface area contributed by atoms with Gasteiger partial charge in [0.2, 0.25) is 0 Å². The molecule has 7 heteroatoms. The van der Waals surface area contributed by atoms with Crippen LogP contribution in [0.5, 0.6) is 5.75 Å². The van der Waals surface area contributed by atoms with E-state index in [1.165, 1.54) is 0 Å². The van der Waals surface area contributed by atoms with Crippen LogP contribution in [0.25, 0.3) is 0 Å². The number of nitrogens with one attached hydrogen (secondary N) is 3. The number of hydrogen-bond acceptors (Lipinski definition) is 4. The van der Waals surface area contributed by atoms with Crippen molar-refractivity contribution >= 4 is 17.5 Å². The van der Waals surface area contributed by atoms with Gasteiger partial charge >= 0.3 is 0 Å². The number of aromatic amines is 1. The lowest BCUT2D eigenvalue weighted by molar-refractivity contribution is 0.0951. The Morgan fingerprint density at radius 2 is 1.96 bits per heavy atom. The Morgan fingerprint density at radius 3 is 2.64 bits per heavy atom. The Hall–Kier alpha value is -2.83. The molecular weight excluding hydrogens is 320 g/mol. The van der Waals surface area contributed by atoms with Crippen molar-refractivity contribution in [1.29, 1.82) is 0 Å². The van der Waals surface area contributed by atoms with Crippen molar-refractivity contribution in [3.63, 3.8) is 0 Å². The van der Waals surface area contributed by atoms with Crippen LogP contribution in [0.4, 0.5) is 5.69 Å². The first kappa shape index (κ1) is 15.7. The molecule has 2 aromatic rings. The first-order valence-electron chi connectivity index (χ1n) is 8.49. The first-order valence-corrected chi connectivity index (χ1v) is 8.49. The summed E-state index contributed by atoms with van der Waals surface area (Å²) in [5.41, 5.74) is 2.15. The van der Waals surface area contributed by atoms with Gasteiger partial charge in [-0.15, -0.1) is 0 Å². The van der Waals surface area contributed by atoms with E-state index in [-0.39, 0.29) is 17.9 Å². The van der Waals surface area contributed by atoms with Crippen LogP contribution in [0.3, 0.4) is 0 Å². The zero-order valence-corrected chi connectivity index (χ0v) is 14.0. The van der Waals surface area contributed by atoms with E-state index in [0.29, 0.717) is 28.6 Å². The molecule has 2 amide bonds. The molecule has 0 atom stereocenters. The highest BCUT2D eigenvalue weighted by atomic mass is 16.5. The fourth-order valence-electron chi connectivity index (χ4n) is 2.68. The number of amides is 2. The third-order valence-electron chi connectivity index (χ3n) is 4.48. The number of H-pyrrole nitrogens is 1. The molecule has 25 heavy (non-hydrogen) atoms. The highest BCUT2D eigenvalue weighted by Crippen LogP contribution is 2.39. The van der Waals surface area contributed by atoms with Gasteiger partial charge in [0.25, 0.3) is 11.8 Å². The van der Waals surface area contributed by atoms with E-state index >= 15 is 0 Å². The van der Waals surface area contributed by atoms with E-state index in [4.69, 9.17) is 4.74 Å². The number of aromatic nitrogens is 2. The third kappa shape index (κ3) is 3.50. The summed E-state index contributed by atoms with van der Waals surface area (Å²) in [6, 6.07) is 7.03. The summed E-state index contributed by atoms with van der Waals surface area (Å²) < 4.78 is 5.20. The molecule has 1 aromatic heterocycles. The predicted octanol–water partition coefficient (Wildman–Crippen LogP) is 2.44. The summed E-state index contributed by atoms with van der Waals surface area (Å²) >= 11 is 0. The van der Waals surface area contributed by atoms with Gasteiger partial charge < -0.3 is 15.4 Å². The summed E-state index contributed by atoms with van der Waals surface area (Å²) in [4.78, 5) is 24.9. The van der Waals surface area contributed by atoms with Crippen molar-refractivity contribution in [2.75, 3.05) is 12.4 Å². The number of hydrogen-bond donors (Lipinski definition) is 3. The lowest BCUT2D eigenvalue weighted by atomic mass is 10.1. The van der Waals surface area contributed by atoms with Gasteiger partial charge in [-0.05, 0) is 49.9 Å². The zero-order chi connectivity index (χ0) is 17.4. The molecule has 0 saturated heterocycles. The number of rotatable bonds is 6. The smallest absolute Gasteiger partial charge is 0.276 e. The fraction of sp³-hybridized carbons (Fsp3) is 0.389. The second-order valence-corrected chi connectivity index (χ2v) is 6.60. The molecule has 0 aliphatic heterocycles. The topological polar surface area (TPSA) is 96.1 Å². The summed E-state index contributed by atoms with van der Waals surface area (Å²) in [6.45, 7) is 0. The molecular formula is C18H20N4O3. The summed E-state index contributed by atoms with van der Waals surface area (Å²) in [5.74, 6) is 0.510. The van der Waals surface area contributed by atoms with Crippen LogP contribution in [-0.4, -0.2) is 35.2 Å². The van der Waals surface area contributed by atoms with Gasteiger partial charge in [-0.3, -0.25) is 14.7 Å². The largest absolute Gasteiger partial charge is 0.497 e. The average molecular weight is 340 g/mol. The molecule has 2 fully saturated rings. The number of nitrogens with zero attached hydrogens (tertiary/aromatic N) is 1. The van der Waals surface area contributed by atoms with Gasteiger partial charge in [0, 0.05) is 17.7 Å². The number of carbonyl (C=O) groups is 2. The second-order valence-electron chi connectivity index (χ2n) is 6.60. The van der Waals surface area contributed by atoms with Crippen LogP contribution in [-0.2, 0) is 0 Å². The quantitative estimate of drug-likeness (QED) is 0.752. The minimum absolute atomic E-state index is 0.211. The molecule has 0 spiro atoms. The van der Waals surface area contributed by atoms with Crippen LogP contribution >= 0.6 is 0 Å². The normalized spacial score (nSPS) is 16.4. The lowest BCUT2D eigenvalue weighted by Crippen LogP contribution is -2.27. The number of carbonyl (C=O) groups excluding carboxylic acids is 2. The van der Waals surface area contributed by atoms with E-state index in [0.717, 1.165) is 31.4 Å². The van der Waals surface area contributed by atoms with Gasteiger partial charge in [-0.2, -0.15) is 5.10 Å². The molecule has 0 bridgehead atoms. The molecule has 2 aliphatic rings. The molecule has 130 valence electrons. The van der Waals surface area contributed by atoms with E-state index < -0.39 is 0 Å². The molecule has 1 heterocycles. The van der Waals surface area contributed by atoms with Crippen molar-refractivity contribution in [3.05, 3.63) is 41.2 Å². The standard InChI is InChI=1S/C18H20N4O3/c1-25-12-6-7-14(13(8-12)17(23)19-11-4-5-11)20-18(24)16-9-15(21-22-16)10-2-3-10/h6-11H,2-5H2,1H3,(H,19,23)(H,20,24)(H,21,22). The first-order chi connectivity index (χ1) is 12.1. The number of benzene rings is 1. The summed E-state index contributed by atoms with van der Waals surface area (Å²) in [7, 11) is 1.54. The van der Waals surface area contributed by atoms with Crippen molar-refractivity contribution < 1.29 is 14.3 Å². The number of ether oxygens (including phenoxy) is 1. The maximum absolute atomic E-state index is 12.5. The van der Waals surface area contributed by atoms with Crippen molar-refractivity contribution in [1.82, 2.24) is 15.5 Å². The highest BCUT2D eigenvalue weighted by Gasteiger charge is 2.28. The Kier molecular flexibility index (Phi) is 3.91. The maximum Gasteiger partial charge on any atom is 0.276 e. The van der Waals surface area contributed by atoms with Crippen molar-refractivity contribution in [2.45, 2.75) is 37.6 Å². The number of anilines is 1. The van der Waals surface area contributed by atoms with Gasteiger partial charge in [-0.1, -0.05) is 0 Å². The molecule has 4 rings (SSSR count). The van der Waals surface area contributed by atoms with Crippen LogP contribution < -0.4 is 15.4 Å². The van der Waals surface area contributed by atoms with Crippen LogP contribution in [0, 0.1) is 0 Å². The molecule has 2 saturated carbocycles. The van der Waals surface area contributed by atoms with Gasteiger partial charge in [0.15, 0.2) is 5.69 Å². The third-order valence-corrected chi connectivity index (χ3v) is 4.48. The van der Waals surface area contributed by atoms with E-state index in [2.05, 4.69) is 20.8 Å². The lowest BCUT2D eigenvalue weighted by Gasteiger charge is -2.12. The van der Waals surface area contributed by atoms with Crippen LogP contribution in [0.2, 0.25) is 0 Å². The summed E-state index contributed by atoms with van der Waals surface area (Å²) in [6.07, 6.45) is 4.25. The van der Waals surface area contributed by atoms with E-state index in [1.807, 2.05) is 0 Å².